The molecule has 118 valence electrons. The Morgan fingerprint density at radius 1 is 1.17 bits per heavy atom. The molecule has 0 atom stereocenters. The predicted octanol–water partition coefficient (Wildman–Crippen LogP) is 3.23. The van der Waals surface area contributed by atoms with E-state index in [4.69, 9.17) is 0 Å². The Bertz CT molecular complexity index is 849. The molecule has 0 unspecified atom stereocenters. The second-order valence-electron chi connectivity index (χ2n) is 5.87. The molecule has 0 aliphatic rings. The summed E-state index contributed by atoms with van der Waals surface area (Å²) in [5.74, 6) is 0.720. The Morgan fingerprint density at radius 3 is 2.65 bits per heavy atom. The Balaban J connectivity index is 1.66. The Labute approximate surface area is 135 Å². The average Bonchev–Trinajstić information content (AvgIpc) is 2.88. The van der Waals surface area contributed by atoms with Crippen LogP contribution in [0.5, 0.6) is 0 Å². The minimum absolute atomic E-state index is 0.00108. The highest BCUT2D eigenvalue weighted by atomic mass is 16.1. The maximum absolute atomic E-state index is 12.1. The van der Waals surface area contributed by atoms with Gasteiger partial charge in [0, 0.05) is 6.42 Å². The van der Waals surface area contributed by atoms with E-state index in [0.717, 1.165) is 29.1 Å². The zero-order chi connectivity index (χ0) is 16.4. The number of carbonyl (C=O) groups excluding carboxylic acids is 1. The van der Waals surface area contributed by atoms with Crippen molar-refractivity contribution in [1.29, 1.82) is 0 Å². The van der Waals surface area contributed by atoms with E-state index in [1.807, 2.05) is 19.9 Å². The van der Waals surface area contributed by atoms with Gasteiger partial charge >= 0.3 is 0 Å². The molecule has 5 heteroatoms. The Hall–Kier alpha value is -2.69. The number of anilines is 1. The first-order valence-corrected chi connectivity index (χ1v) is 7.70. The molecule has 0 radical (unpaired) electrons. The molecule has 0 aliphatic carbocycles. The molecular formula is C18H20N4O. The smallest absolute Gasteiger partial charge is 0.224 e. The summed E-state index contributed by atoms with van der Waals surface area (Å²) in [5, 5.41) is 7.24. The number of aromatic nitrogens is 3. The maximum atomic E-state index is 12.1. The lowest BCUT2D eigenvalue weighted by atomic mass is 10.1. The topological polar surface area (TPSA) is 59.3 Å². The number of hydrogen-bond acceptors (Lipinski definition) is 3. The highest BCUT2D eigenvalue weighted by molar-refractivity contribution is 5.91. The number of amides is 1. The summed E-state index contributed by atoms with van der Waals surface area (Å²) in [7, 11) is 0. The number of rotatable bonds is 4. The van der Waals surface area contributed by atoms with Crippen molar-refractivity contribution in [2.75, 3.05) is 5.32 Å². The van der Waals surface area contributed by atoms with Crippen LogP contribution in [-0.2, 0) is 11.2 Å². The van der Waals surface area contributed by atoms with Crippen LogP contribution in [0.4, 0.5) is 5.69 Å². The van der Waals surface area contributed by atoms with Gasteiger partial charge in [0.2, 0.25) is 5.91 Å². The van der Waals surface area contributed by atoms with Crippen molar-refractivity contribution in [3.8, 4) is 0 Å². The van der Waals surface area contributed by atoms with Crippen LogP contribution in [0.2, 0.25) is 0 Å². The predicted molar refractivity (Wildman–Crippen MR) is 90.6 cm³/mol. The number of pyridine rings is 1. The van der Waals surface area contributed by atoms with Crippen molar-refractivity contribution >= 4 is 17.2 Å². The third-order valence-electron chi connectivity index (χ3n) is 3.77. The number of carbonyl (C=O) groups is 1. The van der Waals surface area contributed by atoms with E-state index in [9.17, 15) is 4.79 Å². The SMILES string of the molecule is Cc1ccc(CCC(=O)Nc2cc(C)c3nc(C)nn3c2)cc1. The van der Waals surface area contributed by atoms with Crippen molar-refractivity contribution in [2.45, 2.75) is 33.6 Å². The fraction of sp³-hybridized carbons (Fsp3) is 0.278. The van der Waals surface area contributed by atoms with Gasteiger partial charge in [-0.25, -0.2) is 9.50 Å². The van der Waals surface area contributed by atoms with Gasteiger partial charge in [0.15, 0.2) is 5.65 Å². The molecule has 2 heterocycles. The molecule has 1 aromatic carbocycles. The van der Waals surface area contributed by atoms with Gasteiger partial charge in [-0.05, 0) is 44.4 Å². The number of aryl methyl sites for hydroxylation is 4. The first-order valence-electron chi connectivity index (χ1n) is 7.70. The third kappa shape index (κ3) is 3.56. The summed E-state index contributed by atoms with van der Waals surface area (Å²) >= 11 is 0. The molecule has 1 N–H and O–H groups in total. The van der Waals surface area contributed by atoms with E-state index in [-0.39, 0.29) is 5.91 Å². The molecule has 1 amide bonds. The average molecular weight is 308 g/mol. The molecule has 3 aromatic rings. The summed E-state index contributed by atoms with van der Waals surface area (Å²) < 4.78 is 1.71. The van der Waals surface area contributed by atoms with Gasteiger partial charge in [0.05, 0.1) is 11.9 Å². The van der Waals surface area contributed by atoms with Crippen LogP contribution in [0.1, 0.15) is 28.9 Å². The van der Waals surface area contributed by atoms with Gasteiger partial charge in [-0.2, -0.15) is 5.10 Å². The van der Waals surface area contributed by atoms with E-state index in [0.29, 0.717) is 6.42 Å². The first kappa shape index (κ1) is 15.2. The minimum Gasteiger partial charge on any atom is -0.325 e. The largest absolute Gasteiger partial charge is 0.325 e. The zero-order valence-corrected chi connectivity index (χ0v) is 13.6. The standard InChI is InChI=1S/C18H20N4O/c1-12-4-6-15(7-5-12)8-9-17(23)20-16-10-13(2)18-19-14(3)21-22(18)11-16/h4-7,10-11H,8-9H2,1-3H3,(H,20,23). The maximum Gasteiger partial charge on any atom is 0.224 e. The first-order chi connectivity index (χ1) is 11.0. The van der Waals surface area contributed by atoms with Crippen LogP contribution in [0, 0.1) is 20.8 Å². The highest BCUT2D eigenvalue weighted by Gasteiger charge is 2.08. The summed E-state index contributed by atoms with van der Waals surface area (Å²) in [6, 6.07) is 10.2. The molecule has 0 bridgehead atoms. The van der Waals surface area contributed by atoms with Crippen molar-refractivity contribution in [1.82, 2.24) is 14.6 Å². The minimum atomic E-state index is 0.00108. The molecule has 0 spiro atoms. The fourth-order valence-electron chi connectivity index (χ4n) is 2.56. The van der Waals surface area contributed by atoms with Gasteiger partial charge in [-0.3, -0.25) is 4.79 Å². The molecule has 3 rings (SSSR count). The van der Waals surface area contributed by atoms with Gasteiger partial charge in [-0.1, -0.05) is 29.8 Å². The second kappa shape index (κ2) is 6.20. The molecule has 0 saturated carbocycles. The lowest BCUT2D eigenvalue weighted by molar-refractivity contribution is -0.116. The monoisotopic (exact) mass is 308 g/mol. The van der Waals surface area contributed by atoms with Crippen molar-refractivity contribution < 1.29 is 4.79 Å². The molecule has 23 heavy (non-hydrogen) atoms. The summed E-state index contributed by atoms with van der Waals surface area (Å²) in [5.41, 5.74) is 4.95. The summed E-state index contributed by atoms with van der Waals surface area (Å²) in [6.07, 6.45) is 2.98. The summed E-state index contributed by atoms with van der Waals surface area (Å²) in [6.45, 7) is 5.87. The van der Waals surface area contributed by atoms with Crippen LogP contribution in [0.15, 0.2) is 36.5 Å². The molecule has 0 saturated heterocycles. The van der Waals surface area contributed by atoms with Crippen LogP contribution >= 0.6 is 0 Å². The molecule has 0 fully saturated rings. The fourth-order valence-corrected chi connectivity index (χ4v) is 2.56. The van der Waals surface area contributed by atoms with Crippen LogP contribution in [0.25, 0.3) is 5.65 Å². The van der Waals surface area contributed by atoms with Crippen molar-refractivity contribution in [3.63, 3.8) is 0 Å². The van der Waals surface area contributed by atoms with Gasteiger partial charge < -0.3 is 5.32 Å². The Morgan fingerprint density at radius 2 is 1.91 bits per heavy atom. The van der Waals surface area contributed by atoms with Crippen LogP contribution in [0.3, 0.4) is 0 Å². The highest BCUT2D eigenvalue weighted by Crippen LogP contribution is 2.15. The Kier molecular flexibility index (Phi) is 4.10. The van der Waals surface area contributed by atoms with Gasteiger partial charge in [0.25, 0.3) is 0 Å². The van der Waals surface area contributed by atoms with Crippen LogP contribution in [-0.4, -0.2) is 20.5 Å². The number of nitrogens with one attached hydrogen (secondary N) is 1. The van der Waals surface area contributed by atoms with Crippen molar-refractivity contribution in [2.24, 2.45) is 0 Å². The van der Waals surface area contributed by atoms with Gasteiger partial charge in [-0.15, -0.1) is 0 Å². The normalized spacial score (nSPS) is 10.9. The lowest BCUT2D eigenvalue weighted by Crippen LogP contribution is -2.13. The number of hydrogen-bond donors (Lipinski definition) is 1. The van der Waals surface area contributed by atoms with E-state index >= 15 is 0 Å². The lowest BCUT2D eigenvalue weighted by Gasteiger charge is -2.07. The van der Waals surface area contributed by atoms with Crippen LogP contribution < -0.4 is 5.32 Å². The number of nitrogens with zero attached hydrogens (tertiary/aromatic N) is 3. The quantitative estimate of drug-likeness (QED) is 0.805. The van der Waals surface area contributed by atoms with E-state index in [1.54, 1.807) is 10.7 Å². The van der Waals surface area contributed by atoms with E-state index < -0.39 is 0 Å². The molecular weight excluding hydrogens is 288 g/mol. The van der Waals surface area contributed by atoms with E-state index in [1.165, 1.54) is 11.1 Å². The van der Waals surface area contributed by atoms with Gasteiger partial charge in [0.1, 0.15) is 5.82 Å². The molecule has 5 nitrogen and oxygen atoms in total. The summed E-state index contributed by atoms with van der Waals surface area (Å²) in [4.78, 5) is 16.5. The van der Waals surface area contributed by atoms with E-state index in [2.05, 4.69) is 46.6 Å². The molecule has 0 aliphatic heterocycles. The third-order valence-corrected chi connectivity index (χ3v) is 3.77. The molecule has 2 aromatic heterocycles. The number of benzene rings is 1. The van der Waals surface area contributed by atoms with Crippen molar-refractivity contribution in [3.05, 3.63) is 59.0 Å². The zero-order valence-electron chi connectivity index (χ0n) is 13.6. The second-order valence-corrected chi connectivity index (χ2v) is 5.87. The number of fused-ring (bicyclic) bond motifs is 1.